The average Bonchev–Trinajstić information content (AvgIpc) is 3.49. The molecule has 1 amide bonds. The number of anilines is 1. The molecule has 8 nitrogen and oxygen atoms in total. The van der Waals surface area contributed by atoms with Crippen LogP contribution in [0.1, 0.15) is 52.9 Å². The molecule has 1 aliphatic carbocycles. The first kappa shape index (κ1) is 21.9. The third kappa shape index (κ3) is 3.87. The molecule has 3 aromatic heterocycles. The SMILES string of the molecule is Cc1sc2ncn(CC(=O)Nc3c(C#N)c4c(n3CC3CCCO3)CCCC4)c(=O)c2c1C. The predicted molar refractivity (Wildman–Crippen MR) is 127 cm³/mol. The van der Waals surface area contributed by atoms with Gasteiger partial charge in [-0.2, -0.15) is 5.26 Å². The second kappa shape index (κ2) is 8.76. The van der Waals surface area contributed by atoms with Crippen molar-refractivity contribution < 1.29 is 9.53 Å². The highest BCUT2D eigenvalue weighted by Crippen LogP contribution is 2.34. The highest BCUT2D eigenvalue weighted by Gasteiger charge is 2.28. The quantitative estimate of drug-likeness (QED) is 0.622. The van der Waals surface area contributed by atoms with Crippen LogP contribution >= 0.6 is 11.3 Å². The van der Waals surface area contributed by atoms with E-state index < -0.39 is 0 Å². The summed E-state index contributed by atoms with van der Waals surface area (Å²) in [7, 11) is 0. The monoisotopic (exact) mass is 465 g/mol. The van der Waals surface area contributed by atoms with Gasteiger partial charge in [-0.3, -0.25) is 14.2 Å². The Morgan fingerprint density at radius 3 is 2.91 bits per heavy atom. The largest absolute Gasteiger partial charge is 0.376 e. The van der Waals surface area contributed by atoms with Crippen molar-refractivity contribution in [2.75, 3.05) is 11.9 Å². The zero-order chi connectivity index (χ0) is 23.1. The van der Waals surface area contributed by atoms with Gasteiger partial charge in [-0.1, -0.05) is 0 Å². The number of fused-ring (bicyclic) bond motifs is 2. The molecule has 0 spiro atoms. The van der Waals surface area contributed by atoms with Crippen molar-refractivity contribution in [2.24, 2.45) is 0 Å². The fourth-order valence-electron chi connectivity index (χ4n) is 5.02. The lowest BCUT2D eigenvalue weighted by molar-refractivity contribution is -0.116. The lowest BCUT2D eigenvalue weighted by Gasteiger charge is -2.20. The van der Waals surface area contributed by atoms with Gasteiger partial charge in [0.15, 0.2) is 0 Å². The fraction of sp³-hybridized carbons (Fsp3) is 0.500. The van der Waals surface area contributed by atoms with Gasteiger partial charge in [-0.15, -0.1) is 11.3 Å². The van der Waals surface area contributed by atoms with Crippen LogP contribution in [0.15, 0.2) is 11.1 Å². The van der Waals surface area contributed by atoms with E-state index in [0.717, 1.165) is 66.8 Å². The zero-order valence-electron chi connectivity index (χ0n) is 18.9. The van der Waals surface area contributed by atoms with Crippen LogP contribution in [0.3, 0.4) is 0 Å². The molecular formula is C24H27N5O3S. The van der Waals surface area contributed by atoms with E-state index in [1.165, 1.54) is 22.2 Å². The number of hydrogen-bond acceptors (Lipinski definition) is 6. The van der Waals surface area contributed by atoms with E-state index in [-0.39, 0.29) is 24.1 Å². The highest BCUT2D eigenvalue weighted by molar-refractivity contribution is 7.18. The summed E-state index contributed by atoms with van der Waals surface area (Å²) in [5, 5.41) is 13.5. The molecule has 33 heavy (non-hydrogen) atoms. The van der Waals surface area contributed by atoms with Gasteiger partial charge in [0.05, 0.1) is 29.9 Å². The number of aromatic nitrogens is 3. The van der Waals surface area contributed by atoms with Crippen LogP contribution < -0.4 is 10.9 Å². The molecule has 0 aromatic carbocycles. The van der Waals surface area contributed by atoms with Crippen LogP contribution in [0.5, 0.6) is 0 Å². The number of rotatable bonds is 5. The second-order valence-electron chi connectivity index (χ2n) is 8.90. The lowest BCUT2D eigenvalue weighted by atomic mass is 9.95. The fourth-order valence-corrected chi connectivity index (χ4v) is 6.01. The number of hydrogen-bond donors (Lipinski definition) is 1. The first-order chi connectivity index (χ1) is 16.0. The summed E-state index contributed by atoms with van der Waals surface area (Å²) in [6.07, 6.45) is 7.37. The van der Waals surface area contributed by atoms with Crippen molar-refractivity contribution in [2.45, 2.75) is 71.6 Å². The minimum atomic E-state index is -0.345. The summed E-state index contributed by atoms with van der Waals surface area (Å²) in [5.74, 6) is 0.192. The molecule has 1 aliphatic heterocycles. The first-order valence-electron chi connectivity index (χ1n) is 11.5. The third-order valence-corrected chi connectivity index (χ3v) is 7.94. The van der Waals surface area contributed by atoms with Gasteiger partial charge >= 0.3 is 0 Å². The van der Waals surface area contributed by atoms with E-state index >= 15 is 0 Å². The minimum Gasteiger partial charge on any atom is -0.376 e. The van der Waals surface area contributed by atoms with E-state index in [0.29, 0.717) is 28.1 Å². The Morgan fingerprint density at radius 1 is 1.33 bits per heavy atom. The van der Waals surface area contributed by atoms with Gasteiger partial charge in [-0.25, -0.2) is 4.98 Å². The molecule has 1 unspecified atom stereocenters. The molecule has 5 rings (SSSR count). The van der Waals surface area contributed by atoms with Gasteiger partial charge in [0.2, 0.25) is 5.91 Å². The van der Waals surface area contributed by atoms with E-state index in [2.05, 4.69) is 20.9 Å². The summed E-state index contributed by atoms with van der Waals surface area (Å²) in [6.45, 7) is 5.09. The molecule has 4 heterocycles. The van der Waals surface area contributed by atoms with Crippen molar-refractivity contribution in [3.05, 3.63) is 43.9 Å². The maximum absolute atomic E-state index is 13.1. The van der Waals surface area contributed by atoms with Crippen molar-refractivity contribution in [1.29, 1.82) is 5.26 Å². The van der Waals surface area contributed by atoms with E-state index in [4.69, 9.17) is 4.74 Å². The van der Waals surface area contributed by atoms with E-state index in [9.17, 15) is 14.9 Å². The molecule has 0 saturated carbocycles. The van der Waals surface area contributed by atoms with Crippen LogP contribution in [0.2, 0.25) is 0 Å². The molecular weight excluding hydrogens is 438 g/mol. The number of thiophene rings is 1. The number of ether oxygens (including phenoxy) is 1. The topological polar surface area (TPSA) is 102 Å². The third-order valence-electron chi connectivity index (χ3n) is 6.82. The smallest absolute Gasteiger partial charge is 0.262 e. The summed E-state index contributed by atoms with van der Waals surface area (Å²) < 4.78 is 9.27. The van der Waals surface area contributed by atoms with Crippen LogP contribution in [-0.2, 0) is 35.5 Å². The maximum atomic E-state index is 13.1. The number of nitrogens with zero attached hydrogens (tertiary/aromatic N) is 4. The zero-order valence-corrected chi connectivity index (χ0v) is 19.8. The van der Waals surface area contributed by atoms with Crippen molar-refractivity contribution in [3.8, 4) is 6.07 Å². The highest BCUT2D eigenvalue weighted by atomic mass is 32.1. The van der Waals surface area contributed by atoms with Crippen molar-refractivity contribution in [1.82, 2.24) is 14.1 Å². The van der Waals surface area contributed by atoms with Gasteiger partial charge in [-0.05, 0) is 63.5 Å². The molecule has 1 atom stereocenters. The number of aryl methyl sites for hydroxylation is 2. The molecule has 1 saturated heterocycles. The summed E-state index contributed by atoms with van der Waals surface area (Å²) in [6, 6.07) is 2.33. The standard InChI is InChI=1S/C24H27N5O3S/c1-14-15(2)33-23-21(14)24(31)28(13-26-23)12-20(30)27-22-18(10-25)17-7-3-4-8-19(17)29(22)11-16-6-5-9-32-16/h13,16H,3-9,11-12H2,1-2H3,(H,27,30). The molecule has 1 N–H and O–H groups in total. The summed E-state index contributed by atoms with van der Waals surface area (Å²) in [5.41, 5.74) is 3.41. The normalized spacial score (nSPS) is 17.8. The lowest BCUT2D eigenvalue weighted by Crippen LogP contribution is -2.29. The predicted octanol–water partition coefficient (Wildman–Crippen LogP) is 3.44. The molecule has 2 aliphatic rings. The van der Waals surface area contributed by atoms with Gasteiger partial charge in [0, 0.05) is 17.2 Å². The number of carbonyl (C=O) groups is 1. The van der Waals surface area contributed by atoms with Crippen LogP contribution in [0.25, 0.3) is 10.2 Å². The Labute approximate surface area is 195 Å². The Hall–Kier alpha value is -2.96. The number of nitriles is 1. The Balaban J connectivity index is 1.47. The minimum absolute atomic E-state index is 0.0876. The molecule has 9 heteroatoms. The van der Waals surface area contributed by atoms with Crippen molar-refractivity contribution >= 4 is 33.3 Å². The Kier molecular flexibility index (Phi) is 5.81. The van der Waals surface area contributed by atoms with Gasteiger partial charge in [0.25, 0.3) is 5.56 Å². The first-order valence-corrected chi connectivity index (χ1v) is 12.3. The maximum Gasteiger partial charge on any atom is 0.262 e. The molecule has 1 fully saturated rings. The number of carbonyl (C=O) groups excluding carboxylic acids is 1. The average molecular weight is 466 g/mol. The Bertz CT molecular complexity index is 1340. The summed E-state index contributed by atoms with van der Waals surface area (Å²) in [4.78, 5) is 32.2. The molecule has 172 valence electrons. The van der Waals surface area contributed by atoms with Gasteiger partial charge in [0.1, 0.15) is 23.3 Å². The van der Waals surface area contributed by atoms with E-state index in [1.807, 2.05) is 13.8 Å². The second-order valence-corrected chi connectivity index (χ2v) is 10.1. The number of nitrogens with one attached hydrogen (secondary N) is 1. The van der Waals surface area contributed by atoms with Gasteiger partial charge < -0.3 is 14.6 Å². The molecule has 3 aromatic rings. The molecule has 0 radical (unpaired) electrons. The van der Waals surface area contributed by atoms with E-state index in [1.54, 1.807) is 0 Å². The van der Waals surface area contributed by atoms with Crippen molar-refractivity contribution in [3.63, 3.8) is 0 Å². The Morgan fingerprint density at radius 2 is 2.15 bits per heavy atom. The van der Waals surface area contributed by atoms with Crippen LogP contribution in [-0.4, -0.2) is 32.7 Å². The van der Waals surface area contributed by atoms with Crippen LogP contribution in [0.4, 0.5) is 5.82 Å². The van der Waals surface area contributed by atoms with Crippen LogP contribution in [0, 0.1) is 25.2 Å². The molecule has 0 bridgehead atoms. The number of amides is 1. The summed E-state index contributed by atoms with van der Waals surface area (Å²) >= 11 is 1.48.